The maximum atomic E-state index is 15.7. The van der Waals surface area contributed by atoms with Crippen molar-refractivity contribution in [3.63, 3.8) is 0 Å². The van der Waals surface area contributed by atoms with E-state index >= 15 is 8.63 Å². The molecule has 0 radical (unpaired) electrons. The predicted octanol–water partition coefficient (Wildman–Crippen LogP) is 10.9. The lowest BCUT2D eigenvalue weighted by molar-refractivity contribution is -0.362. The average molecular weight is 651 g/mol. The van der Waals surface area contributed by atoms with Gasteiger partial charge in [-0.05, 0) is 126 Å². The van der Waals surface area contributed by atoms with Crippen molar-refractivity contribution in [2.24, 2.45) is 0 Å². The van der Waals surface area contributed by atoms with E-state index in [1.807, 2.05) is 31.2 Å². The van der Waals surface area contributed by atoms with Crippen LogP contribution in [0.1, 0.15) is 125 Å². The summed E-state index contributed by atoms with van der Waals surface area (Å²) in [7, 11) is -1.95. The Morgan fingerprint density at radius 1 is 0.957 bits per heavy atom. The number of hydrogen-bond acceptors (Lipinski definition) is 2. The molecule has 5 rings (SSSR count). The Balaban J connectivity index is 1.10. The van der Waals surface area contributed by atoms with Crippen molar-refractivity contribution in [3.8, 4) is 11.5 Å². The zero-order valence-electron chi connectivity index (χ0n) is 30.4. The molecule has 0 bridgehead atoms. The number of rotatable bonds is 11. The molecule has 0 spiro atoms. The van der Waals surface area contributed by atoms with Crippen LogP contribution in [0, 0.1) is 34.6 Å². The number of fused-ring (bicyclic) bond motifs is 3. The van der Waals surface area contributed by atoms with Crippen molar-refractivity contribution in [1.29, 1.82) is 0 Å². The molecular weight excluding hydrogens is 593 g/mol. The fraction of sp³-hybridized carbons (Fsp3) is 0.605. The van der Waals surface area contributed by atoms with E-state index in [1.54, 1.807) is 6.92 Å². The van der Waals surface area contributed by atoms with E-state index in [4.69, 9.17) is 9.16 Å². The minimum atomic E-state index is -3.86. The fourth-order valence-electron chi connectivity index (χ4n) is 7.43. The molecule has 0 aliphatic carbocycles. The second-order valence-electron chi connectivity index (χ2n) is 16.1. The molecule has 0 amide bonds. The summed E-state index contributed by atoms with van der Waals surface area (Å²) in [6.45, 7) is 20.2. The maximum Gasteiger partial charge on any atom is 0.737 e. The lowest BCUT2D eigenvalue weighted by Gasteiger charge is -2.41. The molecule has 4 heterocycles. The summed E-state index contributed by atoms with van der Waals surface area (Å²) in [5, 5.41) is 0.150. The minimum absolute atomic E-state index is 0.146. The highest BCUT2D eigenvalue weighted by Gasteiger charge is 2.52. The van der Waals surface area contributed by atoms with E-state index < -0.39 is 15.3 Å². The average Bonchev–Trinajstić information content (AvgIpc) is 3.51. The molecule has 1 aromatic heterocycles. The second-order valence-corrected chi connectivity index (χ2v) is 20.8. The van der Waals surface area contributed by atoms with Crippen molar-refractivity contribution in [1.82, 2.24) is 4.48 Å². The largest absolute Gasteiger partial charge is 0.737 e. The molecule has 3 aliphatic rings. The number of aryl methyl sites for hydroxylation is 2. The first-order chi connectivity index (χ1) is 21.4. The Bertz CT molecular complexity index is 1610. The number of benzene rings is 1. The van der Waals surface area contributed by atoms with E-state index in [0.717, 1.165) is 67.7 Å². The van der Waals surface area contributed by atoms with Crippen LogP contribution in [-0.4, -0.2) is 35.6 Å². The van der Waals surface area contributed by atoms with E-state index in [1.165, 1.54) is 44.1 Å². The van der Waals surface area contributed by atoms with Crippen LogP contribution in [0.4, 0.5) is 8.63 Å². The van der Waals surface area contributed by atoms with Crippen LogP contribution in [0.25, 0.3) is 6.08 Å². The number of ether oxygens (including phenoxy) is 1. The Hall–Kier alpha value is -2.61. The van der Waals surface area contributed by atoms with Gasteiger partial charge in [0, 0.05) is 35.9 Å². The summed E-state index contributed by atoms with van der Waals surface area (Å²) in [6, 6.07) is 1.86. The summed E-state index contributed by atoms with van der Waals surface area (Å²) in [5.74, 6) is 2.17. The van der Waals surface area contributed by atoms with Crippen LogP contribution >= 0.6 is 0 Å². The van der Waals surface area contributed by atoms with Gasteiger partial charge in [-0.3, -0.25) is 0 Å². The van der Waals surface area contributed by atoms with Gasteiger partial charge in [0.15, 0.2) is 5.70 Å². The molecule has 3 aliphatic heterocycles. The first-order valence-electron chi connectivity index (χ1n) is 17.6. The van der Waals surface area contributed by atoms with Crippen molar-refractivity contribution in [3.05, 3.63) is 63.1 Å². The van der Waals surface area contributed by atoms with Crippen molar-refractivity contribution in [2.45, 2.75) is 150 Å². The number of aromatic nitrogens is 1. The first kappa shape index (κ1) is 34.7. The molecule has 0 unspecified atom stereocenters. The third kappa shape index (κ3) is 6.32. The van der Waals surface area contributed by atoms with Crippen molar-refractivity contribution in [2.75, 3.05) is 0 Å². The van der Waals surface area contributed by atoms with Crippen LogP contribution < -0.4 is 9.16 Å². The van der Waals surface area contributed by atoms with Crippen molar-refractivity contribution >= 4 is 27.1 Å². The van der Waals surface area contributed by atoms with Gasteiger partial charge >= 0.3 is 6.97 Å². The lowest BCUT2D eigenvalue weighted by Crippen LogP contribution is -2.50. The number of hydrogen-bond donors (Lipinski definition) is 0. The molecule has 8 heteroatoms. The molecule has 2 aromatic rings. The van der Waals surface area contributed by atoms with Crippen LogP contribution in [0.2, 0.25) is 18.1 Å². The summed E-state index contributed by atoms with van der Waals surface area (Å²) < 4.78 is 47.6. The number of unbranched alkanes of at least 4 members (excludes halogenated alkanes) is 5. The Morgan fingerprint density at radius 3 is 2.28 bits per heavy atom. The van der Waals surface area contributed by atoms with Gasteiger partial charge in [-0.1, -0.05) is 46.5 Å². The first-order valence-corrected chi connectivity index (χ1v) is 20.6. The Labute approximate surface area is 278 Å². The van der Waals surface area contributed by atoms with Crippen LogP contribution in [0.3, 0.4) is 0 Å². The third-order valence-electron chi connectivity index (χ3n) is 11.5. The smallest absolute Gasteiger partial charge is 0.543 e. The minimum Gasteiger partial charge on any atom is -0.543 e. The number of halogens is 2. The predicted molar refractivity (Wildman–Crippen MR) is 192 cm³/mol. The summed E-state index contributed by atoms with van der Waals surface area (Å²) in [6.07, 6.45) is 16.1. The van der Waals surface area contributed by atoms with Crippen LogP contribution in [0.15, 0.2) is 23.9 Å². The summed E-state index contributed by atoms with van der Waals surface area (Å²) in [5.41, 5.74) is 8.41. The highest BCUT2D eigenvalue weighted by molar-refractivity contribution is 6.74. The molecule has 0 fully saturated rings. The zero-order valence-corrected chi connectivity index (χ0v) is 31.4. The number of nitrogens with zero attached hydrogens (tertiary/aromatic N) is 2. The van der Waals surface area contributed by atoms with Crippen molar-refractivity contribution < 1.29 is 22.3 Å². The van der Waals surface area contributed by atoms with Gasteiger partial charge in [-0.2, -0.15) is 0 Å². The molecule has 0 N–H and O–H groups in total. The summed E-state index contributed by atoms with van der Waals surface area (Å²) >= 11 is 0. The molecule has 252 valence electrons. The SMILES string of the molecule is Cc1cc(C)n2c1C=C1C=CC(CCCCCCCC[C@]3(C)CCc4c(C)c(O[Si](C)(C)C(C)(C)C)c(C)c(C)c4O3)=[N+]1[B-]2(F)F. The molecule has 46 heavy (non-hydrogen) atoms. The molecule has 1 atom stereocenters. The van der Waals surface area contributed by atoms with E-state index in [2.05, 4.69) is 61.6 Å². The van der Waals surface area contributed by atoms with E-state index in [0.29, 0.717) is 23.5 Å². The quantitative estimate of drug-likeness (QED) is 0.179. The fourth-order valence-corrected chi connectivity index (χ4v) is 8.55. The van der Waals surface area contributed by atoms with Gasteiger partial charge in [0.25, 0.3) is 8.32 Å². The topological polar surface area (TPSA) is 26.4 Å². The van der Waals surface area contributed by atoms with Crippen LogP contribution in [0.5, 0.6) is 11.5 Å². The lowest BCUT2D eigenvalue weighted by atomic mass is 9.84. The van der Waals surface area contributed by atoms with Gasteiger partial charge in [-0.25, -0.2) is 0 Å². The molecule has 0 saturated heterocycles. The maximum absolute atomic E-state index is 15.7. The van der Waals surface area contributed by atoms with Crippen LogP contribution in [-0.2, 0) is 6.42 Å². The van der Waals surface area contributed by atoms with Gasteiger partial charge in [0.1, 0.15) is 22.8 Å². The van der Waals surface area contributed by atoms with Gasteiger partial charge < -0.3 is 26.8 Å². The normalized spacial score (nSPS) is 20.3. The molecule has 4 nitrogen and oxygen atoms in total. The Morgan fingerprint density at radius 2 is 1.61 bits per heavy atom. The number of allylic oxidation sites excluding steroid dienone is 2. The molecular formula is C38H57BF2N2O2Si. The summed E-state index contributed by atoms with van der Waals surface area (Å²) in [4.78, 5) is 0. The standard InChI is InChI=1S/C38H57BF2N2O2Si/c1-26-24-27(2)42-34(26)25-32-20-19-31(43(32)39(42,40)41)18-16-14-12-13-15-17-22-38(9)23-21-33-30(5)35(28(3)29(4)36(33)44-38)45-46(10,11)37(6,7)8/h19-20,24-25H,12-18,21-23H2,1-11H3/t38-/m1/s1. The van der Waals surface area contributed by atoms with Gasteiger partial charge in [-0.15, -0.1) is 0 Å². The Kier molecular flexibility index (Phi) is 9.39. The highest BCUT2D eigenvalue weighted by atomic mass is 28.4. The second kappa shape index (κ2) is 12.4. The zero-order chi connectivity index (χ0) is 33.8. The molecule has 0 saturated carbocycles. The monoisotopic (exact) mass is 650 g/mol. The van der Waals surface area contributed by atoms with Gasteiger partial charge in [0.05, 0.1) is 0 Å². The highest BCUT2D eigenvalue weighted by Crippen LogP contribution is 2.47. The van der Waals surface area contributed by atoms with Gasteiger partial charge in [0.2, 0.25) is 0 Å². The molecule has 1 aromatic carbocycles. The third-order valence-corrected chi connectivity index (χ3v) is 15.9. The van der Waals surface area contributed by atoms with E-state index in [9.17, 15) is 0 Å². The van der Waals surface area contributed by atoms with E-state index in [-0.39, 0.29) is 10.6 Å².